The fourth-order valence-electron chi connectivity index (χ4n) is 7.74. The van der Waals surface area contributed by atoms with E-state index in [0.29, 0.717) is 53.0 Å². The molecule has 1 saturated carbocycles. The number of hydrogen-bond acceptors (Lipinski definition) is 9. The van der Waals surface area contributed by atoms with Gasteiger partial charge in [0.05, 0.1) is 42.3 Å². The second-order valence-corrected chi connectivity index (χ2v) is 15.4. The Morgan fingerprint density at radius 2 is 1.82 bits per heavy atom. The lowest BCUT2D eigenvalue weighted by Gasteiger charge is -2.30. The van der Waals surface area contributed by atoms with Crippen LogP contribution >= 0.6 is 15.9 Å². The van der Waals surface area contributed by atoms with E-state index in [-0.39, 0.29) is 54.7 Å². The largest absolute Gasteiger partial charge is 0.373 e. The molecule has 12 nitrogen and oxygen atoms in total. The van der Waals surface area contributed by atoms with Gasteiger partial charge >= 0.3 is 0 Å². The molecule has 5 heterocycles. The number of likely N-dealkylation sites (tertiary alicyclic amines) is 1. The van der Waals surface area contributed by atoms with Crippen LogP contribution in [0.15, 0.2) is 59.5 Å². The van der Waals surface area contributed by atoms with Gasteiger partial charge < -0.3 is 14.5 Å². The summed E-state index contributed by atoms with van der Waals surface area (Å²) in [6.45, 7) is 7.82. The molecule has 51 heavy (non-hydrogen) atoms. The number of pyridine rings is 1. The monoisotopic (exact) mass is 753 g/mol. The third-order valence-corrected chi connectivity index (χ3v) is 10.8. The lowest BCUT2D eigenvalue weighted by atomic mass is 9.89. The number of fused-ring (bicyclic) bond motifs is 3. The molecule has 1 aromatic carbocycles. The molecule has 7 rings (SSSR count). The first-order chi connectivity index (χ1) is 24.3. The number of hydrogen-bond donors (Lipinski definition) is 0. The van der Waals surface area contributed by atoms with Gasteiger partial charge in [-0.15, -0.1) is 0 Å². The van der Waals surface area contributed by atoms with Gasteiger partial charge in [-0.3, -0.25) is 23.9 Å². The zero-order valence-corrected chi connectivity index (χ0v) is 30.9. The lowest BCUT2D eigenvalue weighted by Crippen LogP contribution is -2.45. The van der Waals surface area contributed by atoms with Crippen molar-refractivity contribution in [2.24, 2.45) is 10.8 Å². The first kappa shape index (κ1) is 34.8. The van der Waals surface area contributed by atoms with Crippen LogP contribution in [0.4, 0.5) is 0 Å². The van der Waals surface area contributed by atoms with Gasteiger partial charge in [-0.2, -0.15) is 5.10 Å². The number of ketones is 2. The third kappa shape index (κ3) is 6.64. The molecule has 13 heteroatoms. The third-order valence-electron chi connectivity index (χ3n) is 10.4. The highest BCUT2D eigenvalue weighted by molar-refractivity contribution is 9.10. The SMILES string of the molecule is CC(=O)c1nn(CC(=O)N2[C@H]3C[C@]4(C[C@@H]24)CN(C)C(=O)C(C)(C)C=CCOCc2ccc(Br)nc2CC3=O)c2ccc(-c3cnc(C)nc3)cc12. The normalized spacial score (nSPS) is 23.3. The minimum atomic E-state index is -0.772. The molecular formula is C38H40BrN7O5. The zero-order valence-electron chi connectivity index (χ0n) is 29.4. The average molecular weight is 755 g/mol. The molecule has 0 N–H and O–H groups in total. The fraction of sp³-hybridized carbons (Fsp3) is 0.421. The second-order valence-electron chi connectivity index (χ2n) is 14.6. The Bertz CT molecular complexity index is 2110. The Kier molecular flexibility index (Phi) is 8.99. The van der Waals surface area contributed by atoms with E-state index in [2.05, 4.69) is 36.0 Å². The number of rotatable bonds is 4. The van der Waals surface area contributed by atoms with Crippen LogP contribution in [0.2, 0.25) is 0 Å². The molecule has 2 bridgehead atoms. The van der Waals surface area contributed by atoms with Gasteiger partial charge in [0.15, 0.2) is 11.6 Å². The first-order valence-electron chi connectivity index (χ1n) is 17.1. The fourth-order valence-corrected chi connectivity index (χ4v) is 8.09. The summed E-state index contributed by atoms with van der Waals surface area (Å²) in [5.41, 5.74) is 2.70. The van der Waals surface area contributed by atoms with Gasteiger partial charge in [0.1, 0.15) is 22.7 Å². The highest BCUT2D eigenvalue weighted by Gasteiger charge is 2.67. The number of ether oxygens (including phenoxy) is 1. The summed E-state index contributed by atoms with van der Waals surface area (Å²) >= 11 is 3.45. The maximum Gasteiger partial charge on any atom is 0.245 e. The number of carbonyl (C=O) groups is 4. The van der Waals surface area contributed by atoms with Crippen molar-refractivity contribution in [3.63, 3.8) is 0 Å². The molecule has 264 valence electrons. The average Bonchev–Trinajstić information content (AvgIpc) is 3.49. The van der Waals surface area contributed by atoms with Crippen LogP contribution in [0.1, 0.15) is 61.2 Å². The second kappa shape index (κ2) is 13.2. The maximum atomic E-state index is 14.4. The van der Waals surface area contributed by atoms with Crippen molar-refractivity contribution in [1.82, 2.24) is 34.5 Å². The van der Waals surface area contributed by atoms with E-state index in [1.165, 1.54) is 6.92 Å². The molecule has 3 atom stereocenters. The van der Waals surface area contributed by atoms with Gasteiger partial charge in [-0.05, 0) is 78.9 Å². The summed E-state index contributed by atoms with van der Waals surface area (Å²) in [7, 11) is 1.79. The Morgan fingerprint density at radius 3 is 2.57 bits per heavy atom. The predicted molar refractivity (Wildman–Crippen MR) is 192 cm³/mol. The van der Waals surface area contributed by atoms with Crippen molar-refractivity contribution in [3.05, 3.63) is 82.3 Å². The van der Waals surface area contributed by atoms with Crippen molar-refractivity contribution in [3.8, 4) is 11.1 Å². The van der Waals surface area contributed by atoms with E-state index in [0.717, 1.165) is 16.7 Å². The molecule has 3 aromatic heterocycles. The molecule has 1 saturated heterocycles. The molecule has 2 aliphatic heterocycles. The molecule has 1 spiro atoms. The van der Waals surface area contributed by atoms with Gasteiger partial charge in [-0.25, -0.2) is 15.0 Å². The number of halogens is 1. The Balaban J connectivity index is 1.23. The summed E-state index contributed by atoms with van der Waals surface area (Å²) < 4.78 is 8.07. The molecular weight excluding hydrogens is 714 g/mol. The van der Waals surface area contributed by atoms with Gasteiger partial charge in [0.2, 0.25) is 11.8 Å². The summed E-state index contributed by atoms with van der Waals surface area (Å²) in [6, 6.07) is 8.38. The summed E-state index contributed by atoms with van der Waals surface area (Å²) in [4.78, 5) is 71.8. The number of aromatic nitrogens is 5. The summed E-state index contributed by atoms with van der Waals surface area (Å²) in [6.07, 6.45) is 8.34. The molecule has 2 amide bonds. The number of piperidine rings is 1. The zero-order chi connectivity index (χ0) is 36.2. The van der Waals surface area contributed by atoms with E-state index >= 15 is 0 Å². The van der Waals surface area contributed by atoms with Crippen LogP contribution in [0.25, 0.3) is 22.0 Å². The highest BCUT2D eigenvalue weighted by atomic mass is 79.9. The molecule has 1 aliphatic carbocycles. The Labute approximate surface area is 304 Å². The molecule has 0 radical (unpaired) electrons. The van der Waals surface area contributed by atoms with Crippen LogP contribution in [0.3, 0.4) is 0 Å². The number of benzene rings is 1. The molecule has 0 unspecified atom stereocenters. The number of aryl methyl sites for hydroxylation is 1. The van der Waals surface area contributed by atoms with E-state index in [9.17, 15) is 19.2 Å². The number of amides is 2. The van der Waals surface area contributed by atoms with Crippen LogP contribution < -0.4 is 0 Å². The van der Waals surface area contributed by atoms with Crippen molar-refractivity contribution in [2.75, 3.05) is 20.2 Å². The first-order valence-corrected chi connectivity index (χ1v) is 17.9. The van der Waals surface area contributed by atoms with E-state index in [4.69, 9.17) is 4.74 Å². The van der Waals surface area contributed by atoms with Gasteiger partial charge in [-0.1, -0.05) is 24.3 Å². The molecule has 4 aromatic rings. The minimum absolute atomic E-state index is 0.0255. The van der Waals surface area contributed by atoms with E-state index in [1.807, 2.05) is 63.3 Å². The van der Waals surface area contributed by atoms with Crippen LogP contribution in [-0.2, 0) is 38.7 Å². The van der Waals surface area contributed by atoms with Crippen molar-refractivity contribution < 1.29 is 23.9 Å². The van der Waals surface area contributed by atoms with E-state index in [1.54, 1.807) is 33.9 Å². The van der Waals surface area contributed by atoms with Crippen LogP contribution in [-0.4, -0.2) is 90.2 Å². The standard InChI is InChI=1S/C38H40BrN7O5/c1-22(47)35-27-13-24(26-17-40-23(2)41-18-26)7-9-29(27)45(43-35)19-34(49)46-30-15-38(16-32(38)46)21-44(5)36(50)37(3,4)11-6-12-51-20-25-8-10-33(39)42-28(25)14-31(30)48/h6-11,13,17-18,30,32H,12,14-16,19-21H2,1-5H3/t30-,32+,38-/m0/s1. The minimum Gasteiger partial charge on any atom is -0.373 e. The van der Waals surface area contributed by atoms with Crippen LogP contribution in [0, 0.1) is 17.8 Å². The van der Waals surface area contributed by atoms with Gasteiger partial charge in [0, 0.05) is 55.3 Å². The van der Waals surface area contributed by atoms with Gasteiger partial charge in [0.25, 0.3) is 0 Å². The van der Waals surface area contributed by atoms with Crippen molar-refractivity contribution in [2.45, 2.75) is 72.2 Å². The lowest BCUT2D eigenvalue weighted by molar-refractivity contribution is -0.139. The van der Waals surface area contributed by atoms with E-state index < -0.39 is 16.9 Å². The number of nitrogens with zero attached hydrogens (tertiary/aromatic N) is 7. The Morgan fingerprint density at radius 1 is 1.06 bits per heavy atom. The molecule has 3 aliphatic rings. The van der Waals surface area contributed by atoms with Crippen molar-refractivity contribution in [1.29, 1.82) is 0 Å². The summed E-state index contributed by atoms with van der Waals surface area (Å²) in [5, 5.41) is 5.23. The maximum absolute atomic E-state index is 14.4. The quantitative estimate of drug-likeness (QED) is 0.162. The summed E-state index contributed by atoms with van der Waals surface area (Å²) in [5.74, 6) is -0.0129. The smallest absolute Gasteiger partial charge is 0.245 e. The number of Topliss-reactive ketones (excluding diaryl/α,β-unsaturated/α-hetero) is 2. The topological polar surface area (TPSA) is 140 Å². The highest BCUT2D eigenvalue weighted by Crippen LogP contribution is 2.60. The van der Waals surface area contributed by atoms with Crippen molar-refractivity contribution >= 4 is 50.2 Å². The predicted octanol–water partition coefficient (Wildman–Crippen LogP) is 4.90. The Hall–Kier alpha value is -4.62. The number of carbonyl (C=O) groups excluding carboxylic acids is 4. The molecule has 2 fully saturated rings. The van der Waals surface area contributed by atoms with Crippen LogP contribution in [0.5, 0.6) is 0 Å².